The Morgan fingerprint density at radius 2 is 1.79 bits per heavy atom. The second-order valence-electron chi connectivity index (χ2n) is 7.50. The third kappa shape index (κ3) is 5.88. The van der Waals surface area contributed by atoms with Crippen molar-refractivity contribution in [1.82, 2.24) is 10.2 Å². The van der Waals surface area contributed by atoms with E-state index in [-0.39, 0.29) is 18.1 Å². The number of fused-ring (bicyclic) bond motifs is 1. The largest absolute Gasteiger partial charge is 0.486 e. The van der Waals surface area contributed by atoms with Crippen LogP contribution in [0.2, 0.25) is 5.02 Å². The van der Waals surface area contributed by atoms with Crippen LogP contribution in [0.5, 0.6) is 11.5 Å². The Morgan fingerprint density at radius 1 is 1.12 bits per heavy atom. The Balaban J connectivity index is 1.93. The Hall–Kier alpha value is -2.98. The number of carbonyl (C=O) groups excluding carboxylic acids is 2. The van der Waals surface area contributed by atoms with Crippen molar-refractivity contribution in [1.29, 1.82) is 0 Å². The van der Waals surface area contributed by atoms with E-state index in [4.69, 9.17) is 21.1 Å². The van der Waals surface area contributed by atoms with Gasteiger partial charge in [-0.1, -0.05) is 29.8 Å². The summed E-state index contributed by atoms with van der Waals surface area (Å²) in [5.41, 5.74) is 0.883. The molecule has 0 aromatic heterocycles. The van der Waals surface area contributed by atoms with Gasteiger partial charge in [0.05, 0.1) is 11.9 Å². The molecule has 1 atom stereocenters. The molecule has 0 saturated heterocycles. The topological polar surface area (TPSA) is 105 Å². The molecule has 1 N–H and O–H groups in total. The number of carbonyl (C=O) groups is 2. The molecular formula is C22H26ClN3O6S. The molecule has 178 valence electrons. The fourth-order valence-electron chi connectivity index (χ4n) is 3.40. The number of hydrogen-bond donors (Lipinski definition) is 1. The van der Waals surface area contributed by atoms with E-state index in [9.17, 15) is 18.0 Å². The molecule has 3 rings (SSSR count). The van der Waals surface area contributed by atoms with E-state index < -0.39 is 28.5 Å². The van der Waals surface area contributed by atoms with Gasteiger partial charge in [0.1, 0.15) is 25.8 Å². The van der Waals surface area contributed by atoms with Crippen LogP contribution in [0, 0.1) is 0 Å². The van der Waals surface area contributed by atoms with Crippen molar-refractivity contribution in [3.8, 4) is 11.5 Å². The van der Waals surface area contributed by atoms with Crippen LogP contribution in [-0.2, 0) is 26.2 Å². The average Bonchev–Trinajstić information content (AvgIpc) is 2.79. The van der Waals surface area contributed by atoms with E-state index in [1.807, 2.05) is 0 Å². The Morgan fingerprint density at radius 3 is 2.42 bits per heavy atom. The summed E-state index contributed by atoms with van der Waals surface area (Å²) in [6, 6.07) is 10.8. The molecule has 1 heterocycles. The van der Waals surface area contributed by atoms with Crippen molar-refractivity contribution in [2.75, 3.05) is 37.4 Å². The maximum absolute atomic E-state index is 13.4. The molecule has 0 aliphatic carbocycles. The van der Waals surface area contributed by atoms with Crippen molar-refractivity contribution < 1.29 is 27.5 Å². The van der Waals surface area contributed by atoms with Crippen LogP contribution in [0.1, 0.15) is 12.5 Å². The highest BCUT2D eigenvalue weighted by Crippen LogP contribution is 2.34. The maximum atomic E-state index is 13.4. The van der Waals surface area contributed by atoms with E-state index in [1.165, 1.54) is 18.0 Å². The van der Waals surface area contributed by atoms with Crippen LogP contribution in [-0.4, -0.2) is 64.2 Å². The predicted octanol–water partition coefficient (Wildman–Crippen LogP) is 2.04. The third-order valence-electron chi connectivity index (χ3n) is 5.21. The van der Waals surface area contributed by atoms with E-state index in [1.54, 1.807) is 43.3 Å². The third-order valence-corrected chi connectivity index (χ3v) is 6.71. The maximum Gasteiger partial charge on any atom is 0.244 e. The molecule has 9 nitrogen and oxygen atoms in total. The number of likely N-dealkylation sites (N-methyl/N-ethyl adjacent to an activating group) is 1. The second kappa shape index (κ2) is 10.3. The van der Waals surface area contributed by atoms with Crippen LogP contribution in [0.15, 0.2) is 42.5 Å². The zero-order valence-corrected chi connectivity index (χ0v) is 20.1. The number of anilines is 1. The zero-order valence-electron chi connectivity index (χ0n) is 18.6. The molecule has 0 spiro atoms. The van der Waals surface area contributed by atoms with Gasteiger partial charge in [-0.2, -0.15) is 0 Å². The summed E-state index contributed by atoms with van der Waals surface area (Å²) in [7, 11) is -2.38. The molecule has 2 aromatic carbocycles. The lowest BCUT2D eigenvalue weighted by Gasteiger charge is -2.31. The zero-order chi connectivity index (χ0) is 24.2. The van der Waals surface area contributed by atoms with E-state index in [0.29, 0.717) is 35.3 Å². The first-order valence-corrected chi connectivity index (χ1v) is 12.5. The van der Waals surface area contributed by atoms with E-state index in [0.717, 1.165) is 10.6 Å². The molecule has 1 aliphatic rings. The van der Waals surface area contributed by atoms with Crippen LogP contribution < -0.4 is 19.1 Å². The van der Waals surface area contributed by atoms with Crippen LogP contribution in [0.4, 0.5) is 5.69 Å². The van der Waals surface area contributed by atoms with Crippen molar-refractivity contribution in [3.63, 3.8) is 0 Å². The first-order chi connectivity index (χ1) is 15.6. The number of rotatable bonds is 8. The first-order valence-electron chi connectivity index (χ1n) is 10.2. The lowest BCUT2D eigenvalue weighted by molar-refractivity contribution is -0.139. The number of benzene rings is 2. The van der Waals surface area contributed by atoms with Gasteiger partial charge in [-0.05, 0) is 30.7 Å². The van der Waals surface area contributed by atoms with Crippen molar-refractivity contribution in [2.45, 2.75) is 19.5 Å². The van der Waals surface area contributed by atoms with E-state index >= 15 is 0 Å². The van der Waals surface area contributed by atoms with Gasteiger partial charge in [0.15, 0.2) is 11.5 Å². The Labute approximate surface area is 198 Å². The minimum Gasteiger partial charge on any atom is -0.486 e. The normalized spacial score (nSPS) is 13.7. The summed E-state index contributed by atoms with van der Waals surface area (Å²) in [6.07, 6.45) is 1.01. The minimum absolute atomic E-state index is 0.0336. The average molecular weight is 496 g/mol. The molecule has 0 fully saturated rings. The number of amides is 2. The lowest BCUT2D eigenvalue weighted by atomic mass is 10.1. The molecule has 1 aliphatic heterocycles. The summed E-state index contributed by atoms with van der Waals surface area (Å²) >= 11 is 6.26. The van der Waals surface area contributed by atoms with Crippen molar-refractivity contribution in [3.05, 3.63) is 53.1 Å². The first kappa shape index (κ1) is 24.7. The number of hydrogen-bond acceptors (Lipinski definition) is 6. The highest BCUT2D eigenvalue weighted by molar-refractivity contribution is 7.92. The SMILES string of the molecule is CNC(=O)[C@H](C)N(Cc1ccccc1Cl)C(=O)CN(c1ccc2c(c1)OCCO2)S(C)(=O)=O. The van der Waals surface area contributed by atoms with Gasteiger partial charge in [-0.15, -0.1) is 0 Å². The van der Waals surface area contributed by atoms with Gasteiger partial charge in [-0.25, -0.2) is 8.42 Å². The summed E-state index contributed by atoms with van der Waals surface area (Å²) in [5, 5.41) is 2.96. The molecule has 0 unspecified atom stereocenters. The standard InChI is InChI=1S/C22H26ClN3O6S/c1-15(22(28)24-2)25(13-16-6-4-5-7-18(16)23)21(27)14-26(33(3,29)30)17-8-9-19-20(12-17)32-11-10-31-19/h4-9,12,15H,10-11,13-14H2,1-3H3,(H,24,28)/t15-/m0/s1. The molecular weight excluding hydrogens is 470 g/mol. The van der Waals surface area contributed by atoms with E-state index in [2.05, 4.69) is 5.32 Å². The van der Waals surface area contributed by atoms with Crippen molar-refractivity contribution >= 4 is 39.1 Å². The smallest absolute Gasteiger partial charge is 0.244 e. The Kier molecular flexibility index (Phi) is 7.70. The molecule has 0 radical (unpaired) electrons. The molecule has 33 heavy (non-hydrogen) atoms. The molecule has 0 bridgehead atoms. The van der Waals surface area contributed by atoms with Gasteiger partial charge >= 0.3 is 0 Å². The summed E-state index contributed by atoms with van der Waals surface area (Å²) in [5.74, 6) is -0.0585. The van der Waals surface area contributed by atoms with Crippen LogP contribution >= 0.6 is 11.6 Å². The number of nitrogens with zero attached hydrogens (tertiary/aromatic N) is 2. The predicted molar refractivity (Wildman–Crippen MR) is 125 cm³/mol. The van der Waals surface area contributed by atoms with Crippen molar-refractivity contribution in [2.24, 2.45) is 0 Å². The highest BCUT2D eigenvalue weighted by atomic mass is 35.5. The number of nitrogens with one attached hydrogen (secondary N) is 1. The lowest BCUT2D eigenvalue weighted by Crippen LogP contribution is -2.50. The van der Waals surface area contributed by atoms with Gasteiger partial charge < -0.3 is 19.7 Å². The quantitative estimate of drug-likeness (QED) is 0.601. The summed E-state index contributed by atoms with van der Waals surface area (Å²) < 4.78 is 37.2. The van der Waals surface area contributed by atoms with Gasteiger partial charge in [-0.3, -0.25) is 13.9 Å². The van der Waals surface area contributed by atoms with Gasteiger partial charge in [0, 0.05) is 24.7 Å². The molecule has 2 aromatic rings. The molecule has 11 heteroatoms. The fourth-order valence-corrected chi connectivity index (χ4v) is 4.44. The second-order valence-corrected chi connectivity index (χ2v) is 9.81. The fraction of sp³-hybridized carbons (Fsp3) is 0.364. The summed E-state index contributed by atoms with van der Waals surface area (Å²) in [6.45, 7) is 1.83. The monoisotopic (exact) mass is 495 g/mol. The van der Waals surface area contributed by atoms with Crippen LogP contribution in [0.25, 0.3) is 0 Å². The van der Waals surface area contributed by atoms with Gasteiger partial charge in [0.2, 0.25) is 21.8 Å². The molecule has 0 saturated carbocycles. The Bertz CT molecular complexity index is 1140. The summed E-state index contributed by atoms with van der Waals surface area (Å²) in [4.78, 5) is 27.0. The highest BCUT2D eigenvalue weighted by Gasteiger charge is 2.30. The number of sulfonamides is 1. The number of halogens is 1. The van der Waals surface area contributed by atoms with Crippen LogP contribution in [0.3, 0.4) is 0 Å². The van der Waals surface area contributed by atoms with Gasteiger partial charge in [0.25, 0.3) is 0 Å². The minimum atomic E-state index is -3.84. The molecule has 2 amide bonds. The number of ether oxygens (including phenoxy) is 2.